The van der Waals surface area contributed by atoms with E-state index in [-0.39, 0.29) is 5.92 Å². The van der Waals surface area contributed by atoms with Crippen LogP contribution in [-0.2, 0) is 0 Å². The molecule has 0 spiro atoms. The first kappa shape index (κ1) is 39.8. The molecule has 1 aliphatic rings. The molecule has 0 amide bonds. The van der Waals surface area contributed by atoms with Crippen LogP contribution < -0.4 is 15.6 Å². The lowest BCUT2D eigenvalue weighted by Crippen LogP contribution is -2.69. The largest absolute Gasteiger partial charge is 0.176 e. The van der Waals surface area contributed by atoms with Gasteiger partial charge < -0.3 is 0 Å². The molecular formula is C62H50Si. The van der Waals surface area contributed by atoms with Gasteiger partial charge in [-0.2, -0.15) is 0 Å². The Morgan fingerprint density at radius 3 is 0.698 bits per heavy atom. The number of benzene rings is 9. The molecule has 9 aromatic rings. The van der Waals surface area contributed by atoms with Gasteiger partial charge in [-0.3, -0.25) is 0 Å². The van der Waals surface area contributed by atoms with E-state index in [9.17, 15) is 0 Å². The quantitative estimate of drug-likeness (QED) is 0.0952. The van der Waals surface area contributed by atoms with Crippen LogP contribution in [0.3, 0.4) is 0 Å². The second-order valence-electron chi connectivity index (χ2n) is 17.0. The molecule has 0 saturated carbocycles. The summed E-state index contributed by atoms with van der Waals surface area (Å²) in [6.07, 6.45) is 2.52. The molecule has 0 fully saturated rings. The second-order valence-corrected chi connectivity index (χ2v) is 20.8. The molecule has 0 N–H and O–H groups in total. The van der Waals surface area contributed by atoms with E-state index < -0.39 is 8.07 Å². The summed E-state index contributed by atoms with van der Waals surface area (Å²) >= 11 is 0. The molecule has 1 unspecified atom stereocenters. The highest BCUT2D eigenvalue weighted by molar-refractivity contribution is 7.16. The van der Waals surface area contributed by atoms with Gasteiger partial charge in [-0.05, 0) is 120 Å². The normalized spacial score (nSPS) is 13.8. The summed E-state index contributed by atoms with van der Waals surface area (Å²) < 4.78 is 0. The van der Waals surface area contributed by atoms with E-state index in [0.717, 1.165) is 0 Å². The summed E-state index contributed by atoms with van der Waals surface area (Å²) in [5.41, 5.74) is 17.4. The molecule has 9 aromatic carbocycles. The van der Waals surface area contributed by atoms with Gasteiger partial charge in [-0.25, -0.2) is 0 Å². The number of hydrogen-bond donors (Lipinski definition) is 0. The van der Waals surface area contributed by atoms with Crippen LogP contribution in [0.25, 0.3) is 66.8 Å². The van der Waals surface area contributed by atoms with E-state index in [1.807, 2.05) is 0 Å². The van der Waals surface area contributed by atoms with E-state index >= 15 is 0 Å². The second kappa shape index (κ2) is 17.2. The van der Waals surface area contributed by atoms with Crippen LogP contribution in [0.5, 0.6) is 0 Å². The molecule has 1 aliphatic carbocycles. The Balaban J connectivity index is 1.43. The monoisotopic (exact) mass is 822 g/mol. The van der Waals surface area contributed by atoms with Crippen LogP contribution in [0, 0.1) is 5.92 Å². The maximum absolute atomic E-state index is 3.32. The fraction of sp³-hybridized carbons (Fsp3) is 0.0645. The third-order valence-electron chi connectivity index (χ3n) is 13.1. The Labute approximate surface area is 374 Å². The first-order valence-electron chi connectivity index (χ1n) is 22.1. The summed E-state index contributed by atoms with van der Waals surface area (Å²) in [5, 5.41) is 5.67. The lowest BCUT2D eigenvalue weighted by molar-refractivity contribution is 0.922. The standard InChI is InChI=1S/C62H50Si/c1-44-34-45(2)62(46(44)3)63(59-38-53(47-22-10-4-11-23-47)35-54(39-59)48-24-12-5-13-25-48,60-40-55(49-26-14-6-15-27-49)36-56(41-60)50-28-16-7-17-29-50)61-42-57(51-30-18-8-19-31-51)37-58(43-61)52-32-20-9-21-33-52/h4-43,45H,1-3H3. The zero-order valence-corrected chi connectivity index (χ0v) is 37.2. The molecular weight excluding hydrogens is 773 g/mol. The maximum Gasteiger partial charge on any atom is 0.176 e. The Bertz CT molecular complexity index is 2620. The minimum absolute atomic E-state index is 0.207. The molecule has 1 heteroatoms. The van der Waals surface area contributed by atoms with Crippen molar-refractivity contribution in [1.29, 1.82) is 0 Å². The Morgan fingerprint density at radius 2 is 0.508 bits per heavy atom. The van der Waals surface area contributed by atoms with Crippen LogP contribution >= 0.6 is 0 Å². The highest BCUT2D eigenvalue weighted by Gasteiger charge is 2.48. The van der Waals surface area contributed by atoms with Crippen molar-refractivity contribution >= 4 is 23.6 Å². The predicted octanol–water partition coefficient (Wildman–Crippen LogP) is 14.6. The summed E-state index contributed by atoms with van der Waals surface area (Å²) in [7, 11) is -3.32. The topological polar surface area (TPSA) is 0 Å². The minimum atomic E-state index is -3.32. The molecule has 0 aliphatic heterocycles. The molecule has 0 bridgehead atoms. The molecule has 0 aromatic heterocycles. The van der Waals surface area contributed by atoms with Crippen LogP contribution in [0.2, 0.25) is 0 Å². The molecule has 0 saturated heterocycles. The van der Waals surface area contributed by atoms with E-state index in [2.05, 4.69) is 263 Å². The predicted molar refractivity (Wildman–Crippen MR) is 272 cm³/mol. The van der Waals surface area contributed by atoms with E-state index in [4.69, 9.17) is 0 Å². The Kier molecular flexibility index (Phi) is 10.9. The summed E-state index contributed by atoms with van der Waals surface area (Å²) in [6.45, 7) is 7.15. The minimum Gasteiger partial charge on any atom is -0.0748 e. The average Bonchev–Trinajstić information content (AvgIpc) is 3.62. The molecule has 0 heterocycles. The number of hydrogen-bond acceptors (Lipinski definition) is 0. The Hall–Kier alpha value is -7.32. The van der Waals surface area contributed by atoms with Crippen molar-refractivity contribution in [2.75, 3.05) is 0 Å². The highest BCUT2D eigenvalue weighted by atomic mass is 28.3. The van der Waals surface area contributed by atoms with Crippen LogP contribution in [0.4, 0.5) is 0 Å². The summed E-state index contributed by atoms with van der Waals surface area (Å²) in [6, 6.07) is 88.4. The lowest BCUT2D eigenvalue weighted by Gasteiger charge is -2.40. The first-order chi connectivity index (χ1) is 31.0. The molecule has 63 heavy (non-hydrogen) atoms. The van der Waals surface area contributed by atoms with Crippen molar-refractivity contribution < 1.29 is 0 Å². The average molecular weight is 823 g/mol. The van der Waals surface area contributed by atoms with Gasteiger partial charge in [0.15, 0.2) is 8.07 Å². The third kappa shape index (κ3) is 7.67. The van der Waals surface area contributed by atoms with Gasteiger partial charge in [0.2, 0.25) is 0 Å². The maximum atomic E-state index is 2.56. The van der Waals surface area contributed by atoms with Crippen molar-refractivity contribution in [2.45, 2.75) is 20.8 Å². The fourth-order valence-corrected chi connectivity index (χ4v) is 15.7. The van der Waals surface area contributed by atoms with E-state index in [1.165, 1.54) is 98.7 Å². The van der Waals surface area contributed by atoms with E-state index in [0.29, 0.717) is 0 Å². The molecule has 0 nitrogen and oxygen atoms in total. The van der Waals surface area contributed by atoms with Gasteiger partial charge >= 0.3 is 0 Å². The van der Waals surface area contributed by atoms with Gasteiger partial charge in [0.1, 0.15) is 0 Å². The first-order valence-corrected chi connectivity index (χ1v) is 24.1. The summed E-state index contributed by atoms with van der Waals surface area (Å²) in [4.78, 5) is 0. The summed E-state index contributed by atoms with van der Waals surface area (Å²) in [5.74, 6) is 0.207. The molecule has 0 radical (unpaired) electrons. The SMILES string of the molecule is CC1=CC(C)C([Si](c2cc(-c3ccccc3)cc(-c3ccccc3)c2)(c2cc(-c3ccccc3)cc(-c3ccccc3)c2)c2cc(-c3ccccc3)cc(-c3ccccc3)c2)=C1C. The van der Waals surface area contributed by atoms with Crippen LogP contribution in [0.1, 0.15) is 20.8 Å². The third-order valence-corrected chi connectivity index (χ3v) is 18.2. The number of rotatable bonds is 10. The van der Waals surface area contributed by atoms with Crippen molar-refractivity contribution in [2.24, 2.45) is 5.92 Å². The van der Waals surface area contributed by atoms with Crippen molar-refractivity contribution in [3.05, 3.63) is 259 Å². The lowest BCUT2D eigenvalue weighted by atomic mass is 9.98. The van der Waals surface area contributed by atoms with E-state index in [1.54, 1.807) is 0 Å². The van der Waals surface area contributed by atoms with Gasteiger partial charge in [0.25, 0.3) is 0 Å². The van der Waals surface area contributed by atoms with Crippen molar-refractivity contribution in [3.8, 4) is 66.8 Å². The van der Waals surface area contributed by atoms with Gasteiger partial charge in [-0.15, -0.1) is 0 Å². The molecule has 1 atom stereocenters. The zero-order valence-electron chi connectivity index (χ0n) is 36.2. The fourth-order valence-electron chi connectivity index (χ4n) is 10.0. The highest BCUT2D eigenvalue weighted by Crippen LogP contribution is 2.40. The van der Waals surface area contributed by atoms with Crippen LogP contribution in [0.15, 0.2) is 259 Å². The smallest absolute Gasteiger partial charge is 0.0748 e. The van der Waals surface area contributed by atoms with Gasteiger partial charge in [0, 0.05) is 0 Å². The van der Waals surface area contributed by atoms with Gasteiger partial charge in [-0.1, -0.05) is 248 Å². The number of allylic oxidation sites excluding steroid dienone is 4. The Morgan fingerprint density at radius 1 is 0.286 bits per heavy atom. The van der Waals surface area contributed by atoms with Gasteiger partial charge in [0.05, 0.1) is 0 Å². The van der Waals surface area contributed by atoms with Crippen molar-refractivity contribution in [1.82, 2.24) is 0 Å². The zero-order chi connectivity index (χ0) is 42.8. The molecule has 302 valence electrons. The molecule has 10 rings (SSSR count). The van der Waals surface area contributed by atoms with Crippen molar-refractivity contribution in [3.63, 3.8) is 0 Å². The van der Waals surface area contributed by atoms with Crippen LogP contribution in [-0.4, -0.2) is 8.07 Å².